The van der Waals surface area contributed by atoms with Gasteiger partial charge >= 0.3 is 12.1 Å². The number of carbonyl (C=O) groups is 2. The average molecular weight is 470 g/mol. The van der Waals surface area contributed by atoms with Gasteiger partial charge in [-0.3, -0.25) is 4.79 Å². The molecule has 1 fully saturated rings. The monoisotopic (exact) mass is 469 g/mol. The lowest BCUT2D eigenvalue weighted by atomic mass is 10.1. The van der Waals surface area contributed by atoms with E-state index in [1.54, 1.807) is 0 Å². The van der Waals surface area contributed by atoms with E-state index < -0.39 is 29.5 Å². The number of carbonyl (C=O) groups excluding carboxylic acids is 1. The lowest BCUT2D eigenvalue weighted by molar-refractivity contribution is -0.152. The van der Waals surface area contributed by atoms with Gasteiger partial charge in [0, 0.05) is 21.7 Å². The second kappa shape index (κ2) is 7.62. The molecule has 1 saturated carbocycles. The van der Waals surface area contributed by atoms with Crippen molar-refractivity contribution in [2.75, 3.05) is 0 Å². The summed E-state index contributed by atoms with van der Waals surface area (Å²) in [5.74, 6) is -3.40. The maximum atomic E-state index is 12.9. The summed E-state index contributed by atoms with van der Waals surface area (Å²) >= 11 is 6.11. The molecule has 0 bridgehead atoms. The third-order valence-electron chi connectivity index (χ3n) is 5.09. The minimum atomic E-state index is -4.38. The zero-order chi connectivity index (χ0) is 23.3. The number of benzene rings is 1. The Morgan fingerprint density at radius 1 is 1.38 bits per heavy atom. The van der Waals surface area contributed by atoms with Crippen molar-refractivity contribution in [2.45, 2.75) is 31.6 Å². The Morgan fingerprint density at radius 2 is 2.12 bits per heavy atom. The number of carboxylic acid groups (broad SMARTS) is 1. The van der Waals surface area contributed by atoms with Crippen molar-refractivity contribution >= 4 is 23.5 Å². The number of nitrogens with zero attached hydrogens (tertiary/aromatic N) is 4. The summed E-state index contributed by atoms with van der Waals surface area (Å²) in [4.78, 5) is 27.2. The molecule has 0 saturated heterocycles. The Kier molecular flexibility index (Phi) is 5.19. The van der Waals surface area contributed by atoms with Crippen LogP contribution in [0.25, 0.3) is 11.3 Å². The molecule has 2 atom stereocenters. The minimum absolute atomic E-state index is 0.00533. The summed E-state index contributed by atoms with van der Waals surface area (Å²) in [5.41, 5.74) is -0.776. The second-order valence-electron chi connectivity index (χ2n) is 7.63. The van der Waals surface area contributed by atoms with E-state index in [-0.39, 0.29) is 35.1 Å². The quantitative estimate of drug-likeness (QED) is 0.567. The van der Waals surface area contributed by atoms with Crippen LogP contribution in [0.15, 0.2) is 35.1 Å². The maximum Gasteiger partial charge on any atom is 0.394 e. The van der Waals surface area contributed by atoms with Crippen molar-refractivity contribution in [3.8, 4) is 11.3 Å². The van der Waals surface area contributed by atoms with Crippen LogP contribution in [0.4, 0.5) is 13.2 Å². The Hall–Kier alpha value is -3.41. The molecule has 1 amide bonds. The molecule has 2 N–H and O–H groups in total. The highest BCUT2D eigenvalue weighted by molar-refractivity contribution is 6.31. The van der Waals surface area contributed by atoms with E-state index in [2.05, 4.69) is 20.6 Å². The van der Waals surface area contributed by atoms with Gasteiger partial charge in [-0.1, -0.05) is 16.8 Å². The molecule has 0 aliphatic heterocycles. The van der Waals surface area contributed by atoms with Gasteiger partial charge in [0.15, 0.2) is 5.69 Å². The smallest absolute Gasteiger partial charge is 0.394 e. The summed E-state index contributed by atoms with van der Waals surface area (Å²) in [6, 6.07) is 4.31. The predicted octanol–water partition coefficient (Wildman–Crippen LogP) is 3.40. The number of aromatic carboxylic acids is 1. The third-order valence-corrected chi connectivity index (χ3v) is 5.31. The number of oxazole rings is 1. The van der Waals surface area contributed by atoms with Gasteiger partial charge in [-0.25, -0.2) is 14.5 Å². The summed E-state index contributed by atoms with van der Waals surface area (Å²) in [5, 5.41) is 19.4. The first-order valence-electron chi connectivity index (χ1n) is 9.22. The largest absolute Gasteiger partial charge is 0.476 e. The van der Waals surface area contributed by atoms with Gasteiger partial charge in [0.25, 0.3) is 5.91 Å². The highest BCUT2D eigenvalue weighted by Crippen LogP contribution is 2.53. The molecule has 32 heavy (non-hydrogen) atoms. The number of nitrogens with one attached hydrogen (secondary N) is 1. The van der Waals surface area contributed by atoms with Gasteiger partial charge in [0.05, 0.1) is 12.1 Å². The number of aromatic nitrogens is 4. The zero-order valence-electron chi connectivity index (χ0n) is 16.4. The van der Waals surface area contributed by atoms with Crippen LogP contribution in [0.2, 0.25) is 5.02 Å². The van der Waals surface area contributed by atoms with E-state index in [9.17, 15) is 22.8 Å². The molecule has 0 radical (unpaired) electrons. The fourth-order valence-corrected chi connectivity index (χ4v) is 3.54. The van der Waals surface area contributed by atoms with Crippen LogP contribution in [0, 0.1) is 5.92 Å². The molecule has 168 valence electrons. The standard InChI is InChI=1S/C19H15ClF3N5O4/c1-18(5-14(18)19(21,22)23)25-16(29)10-2-9(3-11(20)4-10)12-6-28(27-26-12)7-15-24-13(8-32-15)17(30)31/h2-4,6,8,14H,5,7H2,1H3,(H,25,29)(H,30,31). The van der Waals surface area contributed by atoms with Gasteiger partial charge in [-0.15, -0.1) is 5.10 Å². The van der Waals surface area contributed by atoms with Crippen LogP contribution in [-0.2, 0) is 6.54 Å². The summed E-state index contributed by atoms with van der Waals surface area (Å²) in [7, 11) is 0. The van der Waals surface area contributed by atoms with Gasteiger partial charge < -0.3 is 14.8 Å². The van der Waals surface area contributed by atoms with E-state index in [4.69, 9.17) is 21.1 Å². The van der Waals surface area contributed by atoms with E-state index in [0.717, 1.165) is 6.26 Å². The molecule has 0 spiro atoms. The number of halogens is 4. The fourth-order valence-electron chi connectivity index (χ4n) is 3.31. The normalized spacial score (nSPS) is 20.2. The van der Waals surface area contributed by atoms with E-state index in [1.165, 1.54) is 36.0 Å². The van der Waals surface area contributed by atoms with Crippen LogP contribution in [0.5, 0.6) is 0 Å². The van der Waals surface area contributed by atoms with Crippen LogP contribution in [-0.4, -0.2) is 48.7 Å². The average Bonchev–Trinajstić information content (AvgIpc) is 3.06. The molecule has 3 aromatic rings. The fraction of sp³-hybridized carbons (Fsp3) is 0.316. The number of carboxylic acids is 1. The van der Waals surface area contributed by atoms with Crippen molar-refractivity contribution in [3.63, 3.8) is 0 Å². The number of hydrogen-bond acceptors (Lipinski definition) is 6. The molecule has 1 aliphatic rings. The van der Waals surface area contributed by atoms with Gasteiger partial charge in [0.1, 0.15) is 18.5 Å². The van der Waals surface area contributed by atoms with Crippen molar-refractivity contribution in [2.24, 2.45) is 5.92 Å². The molecular formula is C19H15ClF3N5O4. The van der Waals surface area contributed by atoms with E-state index in [0.29, 0.717) is 11.3 Å². The molecule has 9 nitrogen and oxygen atoms in total. The van der Waals surface area contributed by atoms with Crippen LogP contribution < -0.4 is 5.32 Å². The zero-order valence-corrected chi connectivity index (χ0v) is 17.1. The van der Waals surface area contributed by atoms with Crippen molar-refractivity contribution < 1.29 is 32.3 Å². The van der Waals surface area contributed by atoms with Crippen LogP contribution in [0.1, 0.15) is 40.1 Å². The lowest BCUT2D eigenvalue weighted by Crippen LogP contribution is -2.38. The minimum Gasteiger partial charge on any atom is -0.476 e. The third kappa shape index (κ3) is 4.44. The Labute approximate surface area is 183 Å². The first-order valence-corrected chi connectivity index (χ1v) is 9.60. The van der Waals surface area contributed by atoms with Crippen LogP contribution >= 0.6 is 11.6 Å². The molecule has 4 rings (SSSR count). The highest BCUT2D eigenvalue weighted by atomic mass is 35.5. The first kappa shape index (κ1) is 21.8. The molecule has 1 aromatic carbocycles. The number of alkyl halides is 3. The van der Waals surface area contributed by atoms with Gasteiger partial charge in [-0.05, 0) is 31.5 Å². The molecular weight excluding hydrogens is 455 g/mol. The summed E-state index contributed by atoms with van der Waals surface area (Å²) in [6.45, 7) is 1.35. The van der Waals surface area contributed by atoms with Gasteiger partial charge in [0.2, 0.25) is 5.89 Å². The lowest BCUT2D eigenvalue weighted by Gasteiger charge is -2.16. The van der Waals surface area contributed by atoms with Gasteiger partial charge in [-0.2, -0.15) is 13.2 Å². The Balaban J connectivity index is 1.50. The maximum absolute atomic E-state index is 12.9. The number of amides is 1. The number of hydrogen-bond donors (Lipinski definition) is 2. The van der Waals surface area contributed by atoms with Crippen molar-refractivity contribution in [1.82, 2.24) is 25.3 Å². The van der Waals surface area contributed by atoms with E-state index in [1.807, 2.05) is 0 Å². The number of rotatable bonds is 6. The SMILES string of the molecule is CC1(NC(=O)c2cc(Cl)cc(-c3cn(Cc4nc(C(=O)O)co4)nn3)c2)CC1C(F)(F)F. The van der Waals surface area contributed by atoms with E-state index >= 15 is 0 Å². The van der Waals surface area contributed by atoms with Crippen LogP contribution in [0.3, 0.4) is 0 Å². The highest BCUT2D eigenvalue weighted by Gasteiger charge is 2.64. The first-order chi connectivity index (χ1) is 14.9. The Bertz CT molecular complexity index is 1210. The molecule has 1 aliphatic carbocycles. The van der Waals surface area contributed by atoms with Crippen molar-refractivity contribution in [3.05, 3.63) is 52.8 Å². The Morgan fingerprint density at radius 3 is 2.75 bits per heavy atom. The molecule has 2 heterocycles. The topological polar surface area (TPSA) is 123 Å². The second-order valence-corrected chi connectivity index (χ2v) is 8.07. The molecule has 2 unspecified atom stereocenters. The summed E-state index contributed by atoms with van der Waals surface area (Å²) in [6.07, 6.45) is -2.07. The molecule has 2 aromatic heterocycles. The van der Waals surface area contributed by atoms with Crippen molar-refractivity contribution in [1.29, 1.82) is 0 Å². The predicted molar refractivity (Wildman–Crippen MR) is 103 cm³/mol. The summed E-state index contributed by atoms with van der Waals surface area (Å²) < 4.78 is 45.1. The molecule has 13 heteroatoms.